The van der Waals surface area contributed by atoms with Crippen molar-refractivity contribution in [2.24, 2.45) is 0 Å². The largest absolute Gasteiger partial charge is 0.351 e. The van der Waals surface area contributed by atoms with Crippen LogP contribution < -0.4 is 10.2 Å². The molecule has 0 bridgehead atoms. The first-order chi connectivity index (χ1) is 9.15. The number of likely N-dealkylation sites (N-methyl/N-ethyl adjacent to an activating group) is 1. The van der Waals surface area contributed by atoms with Gasteiger partial charge in [0, 0.05) is 42.1 Å². The van der Waals surface area contributed by atoms with Crippen molar-refractivity contribution in [3.8, 4) is 0 Å². The molecule has 0 aliphatic heterocycles. The van der Waals surface area contributed by atoms with Crippen LogP contribution in [0.3, 0.4) is 0 Å². The number of nitrogens with one attached hydrogen (secondary N) is 1. The zero-order valence-electron chi connectivity index (χ0n) is 11.7. The summed E-state index contributed by atoms with van der Waals surface area (Å²) in [5.41, 5.74) is 0. The highest BCUT2D eigenvalue weighted by Gasteiger charge is 2.07. The molecule has 0 radical (unpaired) electrons. The molecule has 0 spiro atoms. The van der Waals surface area contributed by atoms with Gasteiger partial charge < -0.3 is 10.2 Å². The summed E-state index contributed by atoms with van der Waals surface area (Å²) in [5, 5.41) is 6.66. The second-order valence-electron chi connectivity index (χ2n) is 4.90. The van der Waals surface area contributed by atoms with E-state index in [1.54, 1.807) is 11.3 Å². The number of anilines is 1. The van der Waals surface area contributed by atoms with E-state index in [-0.39, 0.29) is 0 Å². The fraction of sp³-hybridized carbons (Fsp3) is 0.500. The number of thiazole rings is 1. The summed E-state index contributed by atoms with van der Waals surface area (Å²) in [7, 11) is 2.12. The van der Waals surface area contributed by atoms with Gasteiger partial charge in [-0.25, -0.2) is 4.98 Å². The van der Waals surface area contributed by atoms with Crippen LogP contribution in [0, 0.1) is 0 Å². The molecule has 2 rings (SSSR count). The van der Waals surface area contributed by atoms with Crippen LogP contribution in [0.1, 0.15) is 23.6 Å². The van der Waals surface area contributed by atoms with Gasteiger partial charge in [-0.05, 0) is 17.9 Å². The van der Waals surface area contributed by atoms with E-state index in [1.165, 1.54) is 9.75 Å². The van der Waals surface area contributed by atoms with E-state index < -0.39 is 0 Å². The topological polar surface area (TPSA) is 28.2 Å². The Morgan fingerprint density at radius 2 is 2.21 bits per heavy atom. The molecular formula is C14H21N3S2. The van der Waals surface area contributed by atoms with E-state index in [1.807, 2.05) is 17.5 Å². The van der Waals surface area contributed by atoms with Gasteiger partial charge in [0.2, 0.25) is 0 Å². The molecule has 1 N–H and O–H groups in total. The predicted molar refractivity (Wildman–Crippen MR) is 85.4 cm³/mol. The van der Waals surface area contributed by atoms with Crippen molar-refractivity contribution >= 4 is 27.8 Å². The van der Waals surface area contributed by atoms with Gasteiger partial charge in [0.25, 0.3) is 0 Å². The van der Waals surface area contributed by atoms with E-state index in [0.717, 1.165) is 24.6 Å². The van der Waals surface area contributed by atoms with Crippen molar-refractivity contribution in [2.75, 3.05) is 18.5 Å². The Labute approximate surface area is 123 Å². The molecule has 5 heteroatoms. The Morgan fingerprint density at radius 3 is 2.89 bits per heavy atom. The Morgan fingerprint density at radius 1 is 1.37 bits per heavy atom. The molecule has 0 aliphatic carbocycles. The minimum Gasteiger partial charge on any atom is -0.351 e. The molecule has 0 amide bonds. The number of aromatic nitrogens is 1. The molecule has 0 atom stereocenters. The summed E-state index contributed by atoms with van der Waals surface area (Å²) < 4.78 is 0. The molecular weight excluding hydrogens is 274 g/mol. The summed E-state index contributed by atoms with van der Waals surface area (Å²) >= 11 is 3.60. The number of rotatable bonds is 7. The third-order valence-corrected chi connectivity index (χ3v) is 4.87. The minimum atomic E-state index is 0.516. The van der Waals surface area contributed by atoms with Crippen LogP contribution in [-0.2, 0) is 13.0 Å². The van der Waals surface area contributed by atoms with Crippen LogP contribution in [0.5, 0.6) is 0 Å². The fourth-order valence-corrected chi connectivity index (χ4v) is 3.23. The summed E-state index contributed by atoms with van der Waals surface area (Å²) in [6.45, 7) is 6.25. The molecule has 19 heavy (non-hydrogen) atoms. The van der Waals surface area contributed by atoms with Gasteiger partial charge >= 0.3 is 0 Å². The molecule has 2 aromatic heterocycles. The average molecular weight is 295 g/mol. The van der Waals surface area contributed by atoms with Crippen LogP contribution in [0.25, 0.3) is 0 Å². The first kappa shape index (κ1) is 14.5. The van der Waals surface area contributed by atoms with Gasteiger partial charge in [-0.2, -0.15) is 0 Å². The highest BCUT2D eigenvalue weighted by atomic mass is 32.1. The third kappa shape index (κ3) is 4.60. The molecule has 0 fully saturated rings. The molecule has 2 aromatic rings. The highest BCUT2D eigenvalue weighted by Crippen LogP contribution is 2.22. The van der Waals surface area contributed by atoms with E-state index in [0.29, 0.717) is 6.04 Å². The van der Waals surface area contributed by atoms with Crippen molar-refractivity contribution in [3.63, 3.8) is 0 Å². The average Bonchev–Trinajstić information content (AvgIpc) is 3.04. The number of nitrogens with zero attached hydrogens (tertiary/aromatic N) is 2. The Hall–Kier alpha value is -0.910. The lowest BCUT2D eigenvalue weighted by atomic mass is 10.3. The van der Waals surface area contributed by atoms with Crippen LogP contribution in [0.2, 0.25) is 0 Å². The maximum absolute atomic E-state index is 4.50. The third-order valence-electron chi connectivity index (χ3n) is 2.83. The molecule has 0 saturated carbocycles. The van der Waals surface area contributed by atoms with Crippen LogP contribution >= 0.6 is 22.7 Å². The Balaban J connectivity index is 1.83. The van der Waals surface area contributed by atoms with Crippen molar-refractivity contribution in [2.45, 2.75) is 32.9 Å². The molecule has 2 heterocycles. The SMILES string of the molecule is CC(C)NCc1cnc(N(C)CCc2cccs2)s1. The second-order valence-corrected chi connectivity index (χ2v) is 7.02. The van der Waals surface area contributed by atoms with Gasteiger partial charge in [0.1, 0.15) is 0 Å². The minimum absolute atomic E-state index is 0.516. The maximum atomic E-state index is 4.50. The number of thiophene rings is 1. The van der Waals surface area contributed by atoms with Crippen molar-refractivity contribution in [1.82, 2.24) is 10.3 Å². The predicted octanol–water partition coefficient (Wildman–Crippen LogP) is 3.38. The van der Waals surface area contributed by atoms with E-state index in [9.17, 15) is 0 Å². The van der Waals surface area contributed by atoms with E-state index in [4.69, 9.17) is 0 Å². The fourth-order valence-electron chi connectivity index (χ4n) is 1.69. The monoisotopic (exact) mass is 295 g/mol. The van der Waals surface area contributed by atoms with Gasteiger partial charge in [0.05, 0.1) is 0 Å². The number of hydrogen-bond acceptors (Lipinski definition) is 5. The van der Waals surface area contributed by atoms with E-state index >= 15 is 0 Å². The summed E-state index contributed by atoms with van der Waals surface area (Å²) in [4.78, 5) is 9.47. The lowest BCUT2D eigenvalue weighted by molar-refractivity contribution is 0.593. The van der Waals surface area contributed by atoms with Crippen molar-refractivity contribution in [3.05, 3.63) is 33.5 Å². The zero-order valence-corrected chi connectivity index (χ0v) is 13.4. The Bertz CT molecular complexity index is 477. The molecule has 0 saturated heterocycles. The van der Waals surface area contributed by atoms with Gasteiger partial charge in [-0.3, -0.25) is 0 Å². The van der Waals surface area contributed by atoms with Crippen molar-refractivity contribution < 1.29 is 0 Å². The molecule has 3 nitrogen and oxygen atoms in total. The number of hydrogen-bond donors (Lipinski definition) is 1. The second kappa shape index (κ2) is 7.03. The normalized spacial score (nSPS) is 11.2. The standard InChI is InChI=1S/C14H21N3S2/c1-11(2)15-9-13-10-16-14(19-13)17(3)7-6-12-5-4-8-18-12/h4-5,8,10-11,15H,6-7,9H2,1-3H3. The zero-order chi connectivity index (χ0) is 13.7. The van der Waals surface area contributed by atoms with Gasteiger partial charge in [0.15, 0.2) is 5.13 Å². The smallest absolute Gasteiger partial charge is 0.185 e. The highest BCUT2D eigenvalue weighted by molar-refractivity contribution is 7.15. The van der Waals surface area contributed by atoms with Gasteiger partial charge in [-0.15, -0.1) is 22.7 Å². The van der Waals surface area contributed by atoms with E-state index in [2.05, 4.69) is 53.6 Å². The van der Waals surface area contributed by atoms with Crippen molar-refractivity contribution in [1.29, 1.82) is 0 Å². The molecule has 0 aromatic carbocycles. The van der Waals surface area contributed by atoms with Gasteiger partial charge in [-0.1, -0.05) is 19.9 Å². The van der Waals surface area contributed by atoms with Crippen LogP contribution in [0.4, 0.5) is 5.13 Å². The summed E-state index contributed by atoms with van der Waals surface area (Å²) in [6.07, 6.45) is 3.07. The van der Waals surface area contributed by atoms with Crippen LogP contribution in [0.15, 0.2) is 23.7 Å². The van der Waals surface area contributed by atoms with Crippen LogP contribution in [-0.4, -0.2) is 24.6 Å². The molecule has 0 aliphatic rings. The first-order valence-corrected chi connectivity index (χ1v) is 8.26. The molecule has 0 unspecified atom stereocenters. The summed E-state index contributed by atoms with van der Waals surface area (Å²) in [5.74, 6) is 0. The quantitative estimate of drug-likeness (QED) is 0.849. The molecule has 104 valence electrons. The maximum Gasteiger partial charge on any atom is 0.185 e. The Kier molecular flexibility index (Phi) is 5.36. The lowest BCUT2D eigenvalue weighted by Gasteiger charge is -2.14. The lowest BCUT2D eigenvalue weighted by Crippen LogP contribution is -2.21. The first-order valence-electron chi connectivity index (χ1n) is 6.56. The summed E-state index contributed by atoms with van der Waals surface area (Å²) in [6, 6.07) is 4.82.